The molecule has 0 fully saturated rings. The van der Waals surface area contributed by atoms with Crippen LogP contribution in [0.25, 0.3) is 11.4 Å². The molecule has 0 amide bonds. The van der Waals surface area contributed by atoms with E-state index in [-0.39, 0.29) is 11.3 Å². The Labute approximate surface area is 125 Å². The molecule has 0 spiro atoms. The van der Waals surface area contributed by atoms with E-state index in [9.17, 15) is 4.79 Å². The molecule has 2 aromatic carbocycles. The fourth-order valence-corrected chi connectivity index (χ4v) is 2.12. The lowest BCUT2D eigenvalue weighted by atomic mass is 10.3. The van der Waals surface area contributed by atoms with E-state index in [4.69, 9.17) is 10.7 Å². The van der Waals surface area contributed by atoms with Crippen molar-refractivity contribution >= 4 is 0 Å². The predicted molar refractivity (Wildman–Crippen MR) is 79.7 cm³/mol. The first kappa shape index (κ1) is 13.5. The van der Waals surface area contributed by atoms with Crippen molar-refractivity contribution in [3.63, 3.8) is 0 Å². The standard InChI is InChI=1S/C16H11N5O/c17-11-14-15(22)20(12-7-3-1-4-8-12)16(18)21(19-14)13-9-5-2-6-10-13/h1-10,18H. The van der Waals surface area contributed by atoms with E-state index in [2.05, 4.69) is 5.10 Å². The average molecular weight is 289 g/mol. The highest BCUT2D eigenvalue weighted by atomic mass is 16.1. The van der Waals surface area contributed by atoms with E-state index >= 15 is 0 Å². The van der Waals surface area contributed by atoms with Crippen LogP contribution in [0.15, 0.2) is 65.5 Å². The van der Waals surface area contributed by atoms with Gasteiger partial charge in [-0.15, -0.1) is 5.10 Å². The number of nitrogens with one attached hydrogen (secondary N) is 1. The van der Waals surface area contributed by atoms with E-state index in [0.717, 1.165) is 0 Å². The monoisotopic (exact) mass is 289 g/mol. The van der Waals surface area contributed by atoms with Crippen LogP contribution in [0.4, 0.5) is 0 Å². The van der Waals surface area contributed by atoms with Crippen molar-refractivity contribution in [2.75, 3.05) is 0 Å². The summed E-state index contributed by atoms with van der Waals surface area (Å²) < 4.78 is 2.44. The molecule has 0 aliphatic carbocycles. The highest BCUT2D eigenvalue weighted by Gasteiger charge is 2.13. The number of nitrogens with zero attached hydrogens (tertiary/aromatic N) is 4. The van der Waals surface area contributed by atoms with Gasteiger partial charge in [-0.3, -0.25) is 10.2 Å². The van der Waals surface area contributed by atoms with Crippen molar-refractivity contribution in [1.82, 2.24) is 14.3 Å². The quantitative estimate of drug-likeness (QED) is 0.773. The van der Waals surface area contributed by atoms with E-state index in [1.54, 1.807) is 54.6 Å². The number of rotatable bonds is 2. The summed E-state index contributed by atoms with van der Waals surface area (Å²) in [6.45, 7) is 0. The van der Waals surface area contributed by atoms with Crippen LogP contribution in [0.1, 0.15) is 5.69 Å². The highest BCUT2D eigenvalue weighted by molar-refractivity contribution is 5.35. The second kappa shape index (κ2) is 5.50. The Balaban J connectivity index is 2.39. The maximum Gasteiger partial charge on any atom is 0.296 e. The van der Waals surface area contributed by atoms with Gasteiger partial charge in [0.1, 0.15) is 6.07 Å². The summed E-state index contributed by atoms with van der Waals surface area (Å²) in [5.74, 6) is 0. The lowest BCUT2D eigenvalue weighted by molar-refractivity contribution is 0.655. The van der Waals surface area contributed by atoms with Crippen molar-refractivity contribution < 1.29 is 0 Å². The fraction of sp³-hybridized carbons (Fsp3) is 0. The van der Waals surface area contributed by atoms with Crippen LogP contribution < -0.4 is 11.2 Å². The minimum Gasteiger partial charge on any atom is -0.267 e. The summed E-state index contributed by atoms with van der Waals surface area (Å²) in [4.78, 5) is 12.3. The first-order chi connectivity index (χ1) is 10.7. The highest BCUT2D eigenvalue weighted by Crippen LogP contribution is 2.04. The molecule has 0 unspecified atom stereocenters. The van der Waals surface area contributed by atoms with E-state index in [1.165, 1.54) is 9.25 Å². The Morgan fingerprint density at radius 3 is 2.05 bits per heavy atom. The number of hydrogen-bond donors (Lipinski definition) is 1. The number of nitriles is 1. The third-order valence-corrected chi connectivity index (χ3v) is 3.14. The second-order valence-electron chi connectivity index (χ2n) is 4.51. The van der Waals surface area contributed by atoms with Gasteiger partial charge in [0.25, 0.3) is 5.56 Å². The van der Waals surface area contributed by atoms with E-state index in [0.29, 0.717) is 11.4 Å². The summed E-state index contributed by atoms with van der Waals surface area (Å²) in [6.07, 6.45) is 0. The zero-order valence-electron chi connectivity index (χ0n) is 11.5. The number of para-hydroxylation sites is 2. The van der Waals surface area contributed by atoms with Crippen molar-refractivity contribution in [3.8, 4) is 17.4 Å². The van der Waals surface area contributed by atoms with Crippen LogP contribution in [0.2, 0.25) is 0 Å². The molecule has 3 rings (SSSR count). The van der Waals surface area contributed by atoms with E-state index in [1.807, 2.05) is 12.1 Å². The van der Waals surface area contributed by atoms with Crippen LogP contribution in [-0.4, -0.2) is 14.3 Å². The molecule has 0 radical (unpaired) electrons. The molecular weight excluding hydrogens is 278 g/mol. The van der Waals surface area contributed by atoms with Gasteiger partial charge in [0.2, 0.25) is 11.3 Å². The maximum absolute atomic E-state index is 12.3. The number of aromatic nitrogens is 3. The van der Waals surface area contributed by atoms with Crippen LogP contribution in [0, 0.1) is 16.7 Å². The normalized spacial score (nSPS) is 10.1. The predicted octanol–water partition coefficient (Wildman–Crippen LogP) is 1.37. The molecular formula is C16H11N5O. The SMILES string of the molecule is N#Cc1nn(-c2ccccc2)c(=N)n(-c2ccccc2)c1=O. The number of hydrogen-bond acceptors (Lipinski definition) is 4. The summed E-state index contributed by atoms with van der Waals surface area (Å²) in [5.41, 5.74) is 0.130. The largest absolute Gasteiger partial charge is 0.296 e. The van der Waals surface area contributed by atoms with Gasteiger partial charge in [0.05, 0.1) is 11.4 Å². The molecule has 1 aromatic heterocycles. The van der Waals surface area contributed by atoms with Gasteiger partial charge < -0.3 is 0 Å². The minimum absolute atomic E-state index is 0.124. The van der Waals surface area contributed by atoms with Gasteiger partial charge >= 0.3 is 0 Å². The van der Waals surface area contributed by atoms with E-state index < -0.39 is 5.56 Å². The molecule has 106 valence electrons. The molecule has 0 atom stereocenters. The molecule has 0 aliphatic heterocycles. The number of benzene rings is 2. The van der Waals surface area contributed by atoms with Gasteiger partial charge in [0, 0.05) is 0 Å². The first-order valence-corrected chi connectivity index (χ1v) is 6.54. The Bertz CT molecular complexity index is 965. The lowest BCUT2D eigenvalue weighted by Crippen LogP contribution is -2.41. The first-order valence-electron chi connectivity index (χ1n) is 6.54. The molecule has 0 saturated carbocycles. The minimum atomic E-state index is -0.606. The van der Waals surface area contributed by atoms with Crippen LogP contribution >= 0.6 is 0 Å². The zero-order chi connectivity index (χ0) is 15.5. The van der Waals surface area contributed by atoms with Gasteiger partial charge in [-0.1, -0.05) is 36.4 Å². The zero-order valence-corrected chi connectivity index (χ0v) is 11.5. The fourth-order valence-electron chi connectivity index (χ4n) is 2.12. The smallest absolute Gasteiger partial charge is 0.267 e. The molecule has 0 aliphatic rings. The van der Waals surface area contributed by atoms with Crippen molar-refractivity contribution in [2.45, 2.75) is 0 Å². The molecule has 22 heavy (non-hydrogen) atoms. The Hall–Kier alpha value is -3.46. The summed E-state index contributed by atoms with van der Waals surface area (Å²) in [6, 6.07) is 19.5. The summed E-state index contributed by atoms with van der Waals surface area (Å²) in [7, 11) is 0. The average Bonchev–Trinajstić information content (AvgIpc) is 2.57. The topological polar surface area (TPSA) is 87.5 Å². The molecule has 3 aromatic rings. The van der Waals surface area contributed by atoms with Crippen LogP contribution in [0.3, 0.4) is 0 Å². The van der Waals surface area contributed by atoms with Crippen molar-refractivity contribution in [3.05, 3.63) is 82.3 Å². The van der Waals surface area contributed by atoms with Crippen LogP contribution in [-0.2, 0) is 0 Å². The molecule has 6 nitrogen and oxygen atoms in total. The molecule has 0 saturated heterocycles. The van der Waals surface area contributed by atoms with Gasteiger partial charge in [-0.25, -0.2) is 4.57 Å². The third kappa shape index (κ3) is 2.21. The summed E-state index contributed by atoms with van der Waals surface area (Å²) >= 11 is 0. The molecule has 6 heteroatoms. The van der Waals surface area contributed by atoms with Crippen molar-refractivity contribution in [1.29, 1.82) is 10.7 Å². The third-order valence-electron chi connectivity index (χ3n) is 3.14. The Kier molecular flexibility index (Phi) is 3.38. The van der Waals surface area contributed by atoms with Crippen LogP contribution in [0.5, 0.6) is 0 Å². The molecule has 1 heterocycles. The molecule has 0 bridgehead atoms. The summed E-state index contributed by atoms with van der Waals surface area (Å²) in [5, 5.41) is 21.4. The van der Waals surface area contributed by atoms with Crippen molar-refractivity contribution in [2.24, 2.45) is 0 Å². The Morgan fingerprint density at radius 1 is 0.955 bits per heavy atom. The van der Waals surface area contributed by atoms with Gasteiger partial charge in [0.15, 0.2) is 0 Å². The van der Waals surface area contributed by atoms with Gasteiger partial charge in [-0.2, -0.15) is 9.94 Å². The second-order valence-corrected chi connectivity index (χ2v) is 4.51. The molecule has 1 N–H and O–H groups in total. The lowest BCUT2D eigenvalue weighted by Gasteiger charge is -2.11. The Morgan fingerprint density at radius 2 is 1.50 bits per heavy atom. The maximum atomic E-state index is 12.3. The van der Waals surface area contributed by atoms with Gasteiger partial charge in [-0.05, 0) is 24.3 Å².